The molecule has 0 unspecified atom stereocenters. The lowest BCUT2D eigenvalue weighted by Crippen LogP contribution is -2.11. The van der Waals surface area contributed by atoms with Crippen molar-refractivity contribution in [2.45, 2.75) is 0 Å². The van der Waals surface area contributed by atoms with Crippen molar-refractivity contribution in [3.05, 3.63) is 113 Å². The molecule has 2 aromatic heterocycles. The summed E-state index contributed by atoms with van der Waals surface area (Å²) in [5, 5.41) is 20.7. The average Bonchev–Trinajstić information content (AvgIpc) is 3.64. The zero-order chi connectivity index (χ0) is 36.1. The maximum atomic E-state index is 11.8. The van der Waals surface area contributed by atoms with Gasteiger partial charge < -0.3 is 36.5 Å². The van der Waals surface area contributed by atoms with E-state index in [1.165, 1.54) is 36.4 Å². The summed E-state index contributed by atoms with van der Waals surface area (Å²) in [6.07, 6.45) is 1.99. The van der Waals surface area contributed by atoms with Crippen LogP contribution in [0.3, 0.4) is 0 Å². The molecule has 0 fully saturated rings. The first-order valence-corrected chi connectivity index (χ1v) is 19.4. The van der Waals surface area contributed by atoms with Crippen LogP contribution in [0.15, 0.2) is 111 Å². The molecule has 0 aliphatic heterocycles. The molecule has 0 saturated carbocycles. The number of benzene rings is 4. The van der Waals surface area contributed by atoms with Gasteiger partial charge in [-0.2, -0.15) is 0 Å². The van der Waals surface area contributed by atoms with Crippen molar-refractivity contribution in [3.8, 4) is 34.1 Å². The molecule has 0 saturated heterocycles. The molecule has 6 aromatic rings. The van der Waals surface area contributed by atoms with Crippen LogP contribution >= 0.6 is 63.7 Å². The Morgan fingerprint density at radius 1 is 0.580 bits per heavy atom. The van der Waals surface area contributed by atoms with E-state index in [0.717, 1.165) is 12.2 Å². The predicted octanol–water partition coefficient (Wildman–Crippen LogP) is 9.31. The van der Waals surface area contributed by atoms with E-state index in [1.54, 1.807) is 36.4 Å². The highest BCUT2D eigenvalue weighted by Crippen LogP contribution is 2.39. The Labute approximate surface area is 317 Å². The lowest BCUT2D eigenvalue weighted by molar-refractivity contribution is 0.281. The lowest BCUT2D eigenvalue weighted by atomic mass is 10.1. The molecule has 4 aromatic carbocycles. The molecule has 2 heterocycles. The molecule has 0 atom stereocenters. The molecule has 0 bridgehead atoms. The summed E-state index contributed by atoms with van der Waals surface area (Å²) in [5.41, 5.74) is 2.34. The maximum Gasteiger partial charge on any atom is 0.262 e. The summed E-state index contributed by atoms with van der Waals surface area (Å²) in [5.74, 6) is -0.984. The second kappa shape index (κ2) is 13.8. The highest BCUT2D eigenvalue weighted by atomic mass is 79.9. The molecule has 50 heavy (non-hydrogen) atoms. The van der Waals surface area contributed by atoms with E-state index in [-0.39, 0.29) is 22.6 Å². The minimum absolute atomic E-state index is 0.0229. The minimum Gasteiger partial charge on any atom is -0.716 e. The van der Waals surface area contributed by atoms with Crippen LogP contribution in [0.4, 0.5) is 0 Å². The molecular weight excluding hydrogens is 960 g/mol. The number of halogens is 4. The van der Waals surface area contributed by atoms with Gasteiger partial charge in [0, 0.05) is 21.9 Å². The van der Waals surface area contributed by atoms with Gasteiger partial charge in [-0.15, -0.1) is 0 Å². The number of phenolic OH excluding ortho intramolecular Hbond substituents is 2. The summed E-state index contributed by atoms with van der Waals surface area (Å²) in [6.45, 7) is 0. The largest absolute Gasteiger partial charge is 0.716 e. The fraction of sp³-hybridized carbons (Fsp3) is 0. The highest BCUT2D eigenvalue weighted by Gasteiger charge is 2.19. The van der Waals surface area contributed by atoms with Crippen molar-refractivity contribution in [1.29, 1.82) is 0 Å². The molecule has 0 aliphatic rings. The Kier molecular flexibility index (Phi) is 10.0. The Bertz CT molecular complexity index is 2440. The summed E-state index contributed by atoms with van der Waals surface area (Å²) in [7, 11) is -11.1. The Morgan fingerprint density at radius 3 is 1.30 bits per heavy atom. The fourth-order valence-electron chi connectivity index (χ4n) is 4.83. The molecule has 2 N–H and O–H groups in total. The molecule has 0 spiro atoms. The monoisotopic (exact) mass is 972 g/mol. The standard InChI is InChI=1S/C32H18Br4O12S2/c33-21-11-17(1-3-25(21)37)27-13-19-5-15(7-23(35)31(19)45-27)9-29(47-49(39,40)41)30(48-50(42,43)44)10-16-6-20-14-28(46-32(20)24(36)8-16)18-2-4-26(38)22(34)12-18/h1-14,37-38H,(H,39,40,41)(H,42,43,44)/p-2/b29-9-,30-10-. The summed E-state index contributed by atoms with van der Waals surface area (Å²) >= 11 is 13.3. The van der Waals surface area contributed by atoms with Gasteiger partial charge >= 0.3 is 0 Å². The SMILES string of the molecule is O=S(=O)([O-])OC(=C\c1cc(Br)c2oc(-c3ccc(O)c(Br)c3)cc2c1)/C(=C/c1cc(Br)c2oc(-c3ccc(O)c(Br)c3)cc2c1)OS(=O)(=O)[O-]. The Balaban J connectivity index is 1.47. The number of rotatable bonds is 9. The first-order chi connectivity index (χ1) is 23.4. The van der Waals surface area contributed by atoms with Gasteiger partial charge in [-0.3, -0.25) is 0 Å². The van der Waals surface area contributed by atoms with Gasteiger partial charge in [-0.25, -0.2) is 16.8 Å². The third kappa shape index (κ3) is 8.29. The lowest BCUT2D eigenvalue weighted by Gasteiger charge is -2.18. The van der Waals surface area contributed by atoms with E-state index >= 15 is 0 Å². The van der Waals surface area contributed by atoms with Crippen molar-refractivity contribution >= 4 is 119 Å². The summed E-state index contributed by atoms with van der Waals surface area (Å²) < 4.78 is 93.9. The molecule has 18 heteroatoms. The molecule has 0 amide bonds. The molecule has 0 radical (unpaired) electrons. The summed E-state index contributed by atoms with van der Waals surface area (Å²) in [6, 6.07) is 18.7. The molecular formula is C32H16Br4O12S2-2. The first-order valence-electron chi connectivity index (χ1n) is 13.6. The van der Waals surface area contributed by atoms with Gasteiger partial charge in [0.15, 0.2) is 11.5 Å². The van der Waals surface area contributed by atoms with Crippen LogP contribution in [0, 0.1) is 0 Å². The van der Waals surface area contributed by atoms with E-state index < -0.39 is 32.3 Å². The van der Waals surface area contributed by atoms with E-state index in [2.05, 4.69) is 72.1 Å². The third-order valence-electron chi connectivity index (χ3n) is 6.87. The van der Waals surface area contributed by atoms with Crippen molar-refractivity contribution in [2.75, 3.05) is 0 Å². The molecule has 258 valence electrons. The van der Waals surface area contributed by atoms with Crippen molar-refractivity contribution in [2.24, 2.45) is 0 Å². The van der Waals surface area contributed by atoms with Crippen LogP contribution in [0.2, 0.25) is 0 Å². The van der Waals surface area contributed by atoms with Crippen LogP contribution in [0.5, 0.6) is 11.5 Å². The molecule has 12 nitrogen and oxygen atoms in total. The van der Waals surface area contributed by atoms with Gasteiger partial charge in [-0.05, 0) is 160 Å². The topological polar surface area (TPSA) is 200 Å². The van der Waals surface area contributed by atoms with Crippen LogP contribution < -0.4 is 0 Å². The van der Waals surface area contributed by atoms with Gasteiger partial charge in [0.25, 0.3) is 20.8 Å². The maximum absolute atomic E-state index is 11.8. The van der Waals surface area contributed by atoms with Crippen LogP contribution in [-0.4, -0.2) is 36.2 Å². The van der Waals surface area contributed by atoms with Gasteiger partial charge in [0.2, 0.25) is 0 Å². The number of furan rings is 2. The zero-order valence-corrected chi connectivity index (χ0v) is 32.4. The van der Waals surface area contributed by atoms with Gasteiger partial charge in [0.1, 0.15) is 34.2 Å². The number of fused-ring (bicyclic) bond motifs is 2. The number of hydrogen-bond donors (Lipinski definition) is 2. The number of aromatic hydroxyl groups is 2. The number of phenols is 2. The zero-order valence-electron chi connectivity index (χ0n) is 24.4. The second-order valence-electron chi connectivity index (χ2n) is 10.4. The van der Waals surface area contributed by atoms with Crippen LogP contribution in [0.1, 0.15) is 11.1 Å². The average molecular weight is 976 g/mol. The van der Waals surface area contributed by atoms with Crippen molar-refractivity contribution in [1.82, 2.24) is 0 Å². The van der Waals surface area contributed by atoms with Gasteiger partial charge in [0.05, 0.1) is 17.9 Å². The quantitative estimate of drug-likeness (QED) is 0.0603. The normalized spacial score (nSPS) is 12.9. The predicted molar refractivity (Wildman–Crippen MR) is 195 cm³/mol. The van der Waals surface area contributed by atoms with E-state index in [0.29, 0.717) is 62.5 Å². The van der Waals surface area contributed by atoms with E-state index in [9.17, 15) is 36.2 Å². The number of hydrogen-bond acceptors (Lipinski definition) is 12. The van der Waals surface area contributed by atoms with Crippen LogP contribution in [-0.2, 0) is 29.2 Å². The minimum atomic E-state index is -5.54. The first kappa shape index (κ1) is 36.2. The molecule has 6 rings (SSSR count). The summed E-state index contributed by atoms with van der Waals surface area (Å²) in [4.78, 5) is 0. The Morgan fingerprint density at radius 2 is 0.960 bits per heavy atom. The molecule has 0 aliphatic carbocycles. The highest BCUT2D eigenvalue weighted by molar-refractivity contribution is 9.11. The third-order valence-corrected chi connectivity index (χ3v) is 10.1. The van der Waals surface area contributed by atoms with E-state index in [4.69, 9.17) is 8.83 Å². The van der Waals surface area contributed by atoms with Gasteiger partial charge in [-0.1, -0.05) is 0 Å². The van der Waals surface area contributed by atoms with Crippen molar-refractivity contribution in [3.63, 3.8) is 0 Å². The van der Waals surface area contributed by atoms with Crippen LogP contribution in [0.25, 0.3) is 56.7 Å². The fourth-order valence-corrected chi connectivity index (χ4v) is 7.44. The van der Waals surface area contributed by atoms with Crippen molar-refractivity contribution < 1.29 is 53.4 Å². The van der Waals surface area contributed by atoms with E-state index in [1.807, 2.05) is 0 Å². The smallest absolute Gasteiger partial charge is 0.262 e. The second-order valence-corrected chi connectivity index (χ2v) is 15.8. The Hall–Kier alpha value is -3.62.